The molecule has 0 amide bonds. The van der Waals surface area contributed by atoms with Gasteiger partial charge in [0.15, 0.2) is 0 Å². The zero-order valence-electron chi connectivity index (χ0n) is 7.27. The molecule has 1 heterocycles. The Morgan fingerprint density at radius 2 is 2.23 bits per heavy atom. The predicted molar refractivity (Wildman–Crippen MR) is 53.2 cm³/mol. The van der Waals surface area contributed by atoms with Crippen molar-refractivity contribution in [2.45, 2.75) is 6.54 Å². The van der Waals surface area contributed by atoms with Gasteiger partial charge in [0, 0.05) is 17.6 Å². The number of hydrogen-bond donors (Lipinski definition) is 2. The van der Waals surface area contributed by atoms with Crippen LogP contribution in [0.25, 0.3) is 10.9 Å². The van der Waals surface area contributed by atoms with Crippen LogP contribution in [-0.4, -0.2) is 16.3 Å². The van der Waals surface area contributed by atoms with Gasteiger partial charge >= 0.3 is 0 Å². The fourth-order valence-corrected chi connectivity index (χ4v) is 1.39. The van der Waals surface area contributed by atoms with Gasteiger partial charge in [-0.15, -0.1) is 0 Å². The smallest absolute Gasteiger partial charge is 0.0703 e. The fraction of sp³-hybridized carbons (Fsp3) is 0.222. The van der Waals surface area contributed by atoms with Crippen molar-refractivity contribution >= 4 is 16.6 Å². The maximum absolute atomic E-state index is 5.68. The second-order valence-corrected chi connectivity index (χ2v) is 2.97. The van der Waals surface area contributed by atoms with Crippen molar-refractivity contribution in [2.24, 2.45) is 5.73 Å². The molecular weight excluding hydrogens is 164 g/mol. The zero-order valence-corrected chi connectivity index (χ0v) is 7.27. The quantitative estimate of drug-likeness (QED) is 0.657. The molecule has 1 aromatic heterocycles. The van der Waals surface area contributed by atoms with E-state index >= 15 is 0 Å². The SMILES string of the molecule is NCCn1ncc2ccc(N)cc21. The van der Waals surface area contributed by atoms with E-state index in [1.165, 1.54) is 0 Å². The highest BCUT2D eigenvalue weighted by Crippen LogP contribution is 2.16. The molecule has 2 rings (SSSR count). The van der Waals surface area contributed by atoms with E-state index in [-0.39, 0.29) is 0 Å². The Bertz CT molecular complexity index is 418. The van der Waals surface area contributed by atoms with Crippen LogP contribution in [0.4, 0.5) is 5.69 Å². The molecule has 0 radical (unpaired) electrons. The van der Waals surface area contributed by atoms with Gasteiger partial charge in [0.1, 0.15) is 0 Å². The first-order valence-corrected chi connectivity index (χ1v) is 4.22. The number of nitrogens with zero attached hydrogens (tertiary/aromatic N) is 2. The van der Waals surface area contributed by atoms with Gasteiger partial charge in [0.05, 0.1) is 18.3 Å². The summed E-state index contributed by atoms with van der Waals surface area (Å²) >= 11 is 0. The Kier molecular flexibility index (Phi) is 1.90. The molecule has 4 heteroatoms. The molecule has 0 spiro atoms. The molecule has 0 saturated carbocycles. The second-order valence-electron chi connectivity index (χ2n) is 2.97. The molecule has 0 atom stereocenters. The highest BCUT2D eigenvalue weighted by Gasteiger charge is 2.00. The van der Waals surface area contributed by atoms with Crippen LogP contribution in [0.3, 0.4) is 0 Å². The lowest BCUT2D eigenvalue weighted by Crippen LogP contribution is -2.10. The molecule has 13 heavy (non-hydrogen) atoms. The standard InChI is InChI=1S/C9H12N4/c10-3-4-13-9-5-8(11)2-1-7(9)6-12-13/h1-2,5-6H,3-4,10-11H2. The molecule has 4 N–H and O–H groups in total. The van der Waals surface area contributed by atoms with Crippen molar-refractivity contribution in [1.82, 2.24) is 9.78 Å². The van der Waals surface area contributed by atoms with Gasteiger partial charge < -0.3 is 11.5 Å². The van der Waals surface area contributed by atoms with Crippen molar-refractivity contribution in [3.05, 3.63) is 24.4 Å². The van der Waals surface area contributed by atoms with Crippen LogP contribution >= 0.6 is 0 Å². The molecule has 0 aliphatic carbocycles. The maximum Gasteiger partial charge on any atom is 0.0703 e. The fourth-order valence-electron chi connectivity index (χ4n) is 1.39. The van der Waals surface area contributed by atoms with Gasteiger partial charge in [0.2, 0.25) is 0 Å². The van der Waals surface area contributed by atoms with E-state index in [1.807, 2.05) is 29.1 Å². The average molecular weight is 176 g/mol. The van der Waals surface area contributed by atoms with Crippen molar-refractivity contribution in [3.63, 3.8) is 0 Å². The van der Waals surface area contributed by atoms with Crippen molar-refractivity contribution in [2.75, 3.05) is 12.3 Å². The third-order valence-corrected chi connectivity index (χ3v) is 2.01. The van der Waals surface area contributed by atoms with Crippen molar-refractivity contribution in [3.8, 4) is 0 Å². The predicted octanol–water partition coefficient (Wildman–Crippen LogP) is 0.577. The summed E-state index contributed by atoms with van der Waals surface area (Å²) in [5.41, 5.74) is 12.9. The van der Waals surface area contributed by atoms with Crippen LogP contribution in [0.2, 0.25) is 0 Å². The number of hydrogen-bond acceptors (Lipinski definition) is 3. The Hall–Kier alpha value is -1.55. The molecule has 0 saturated heterocycles. The number of rotatable bonds is 2. The Morgan fingerprint density at radius 1 is 1.38 bits per heavy atom. The van der Waals surface area contributed by atoms with E-state index in [4.69, 9.17) is 11.5 Å². The number of fused-ring (bicyclic) bond motifs is 1. The lowest BCUT2D eigenvalue weighted by atomic mass is 10.2. The first-order chi connectivity index (χ1) is 6.31. The summed E-state index contributed by atoms with van der Waals surface area (Å²) in [6.45, 7) is 1.32. The van der Waals surface area contributed by atoms with Gasteiger partial charge in [-0.05, 0) is 18.2 Å². The number of benzene rings is 1. The molecule has 0 bridgehead atoms. The second kappa shape index (κ2) is 3.06. The minimum atomic E-state index is 0.589. The van der Waals surface area contributed by atoms with Crippen LogP contribution in [0, 0.1) is 0 Å². The highest BCUT2D eigenvalue weighted by molar-refractivity contribution is 5.81. The summed E-state index contributed by atoms with van der Waals surface area (Å²) in [6.07, 6.45) is 1.82. The van der Waals surface area contributed by atoms with Crippen LogP contribution in [0.5, 0.6) is 0 Å². The largest absolute Gasteiger partial charge is 0.399 e. The Balaban J connectivity index is 2.58. The van der Waals surface area contributed by atoms with E-state index < -0.39 is 0 Å². The van der Waals surface area contributed by atoms with Crippen LogP contribution in [0.1, 0.15) is 0 Å². The van der Waals surface area contributed by atoms with E-state index in [0.29, 0.717) is 6.54 Å². The Labute approximate surface area is 76.1 Å². The zero-order chi connectivity index (χ0) is 9.26. The van der Waals surface area contributed by atoms with E-state index in [9.17, 15) is 0 Å². The monoisotopic (exact) mass is 176 g/mol. The molecular formula is C9H12N4. The average Bonchev–Trinajstić information content (AvgIpc) is 2.49. The summed E-state index contributed by atoms with van der Waals surface area (Å²) in [7, 11) is 0. The molecule has 0 fully saturated rings. The minimum Gasteiger partial charge on any atom is -0.399 e. The van der Waals surface area contributed by atoms with E-state index in [1.54, 1.807) is 0 Å². The first-order valence-electron chi connectivity index (χ1n) is 4.22. The molecule has 2 aromatic rings. The van der Waals surface area contributed by atoms with Gasteiger partial charge in [-0.3, -0.25) is 4.68 Å². The lowest BCUT2D eigenvalue weighted by Gasteiger charge is -2.00. The minimum absolute atomic E-state index is 0.589. The topological polar surface area (TPSA) is 69.9 Å². The highest BCUT2D eigenvalue weighted by atomic mass is 15.3. The van der Waals surface area contributed by atoms with Gasteiger partial charge in [-0.25, -0.2) is 0 Å². The summed E-state index contributed by atoms with van der Waals surface area (Å²) in [6, 6.07) is 5.75. The molecule has 0 unspecified atom stereocenters. The molecule has 68 valence electrons. The van der Waals surface area contributed by atoms with Crippen LogP contribution in [-0.2, 0) is 6.54 Å². The number of anilines is 1. The van der Waals surface area contributed by atoms with Crippen molar-refractivity contribution < 1.29 is 0 Å². The number of nitrogens with two attached hydrogens (primary N) is 2. The maximum atomic E-state index is 5.68. The summed E-state index contributed by atoms with van der Waals surface area (Å²) in [4.78, 5) is 0. The third kappa shape index (κ3) is 1.36. The van der Waals surface area contributed by atoms with Crippen molar-refractivity contribution in [1.29, 1.82) is 0 Å². The molecule has 0 aliphatic rings. The lowest BCUT2D eigenvalue weighted by molar-refractivity contribution is 0.646. The summed E-state index contributed by atoms with van der Waals surface area (Å²) in [5, 5.41) is 5.31. The van der Waals surface area contributed by atoms with Gasteiger partial charge in [0.25, 0.3) is 0 Å². The van der Waals surface area contributed by atoms with E-state index in [0.717, 1.165) is 23.1 Å². The third-order valence-electron chi connectivity index (χ3n) is 2.01. The number of nitrogen functional groups attached to an aromatic ring is 1. The number of aromatic nitrogens is 2. The summed E-state index contributed by atoms with van der Waals surface area (Å²) in [5.74, 6) is 0. The first kappa shape index (κ1) is 8.07. The molecule has 4 nitrogen and oxygen atoms in total. The molecule has 1 aromatic carbocycles. The normalized spacial score (nSPS) is 10.8. The summed E-state index contributed by atoms with van der Waals surface area (Å²) < 4.78 is 1.87. The Morgan fingerprint density at radius 3 is 3.00 bits per heavy atom. The molecule has 0 aliphatic heterocycles. The van der Waals surface area contributed by atoms with E-state index in [2.05, 4.69) is 5.10 Å². The van der Waals surface area contributed by atoms with Crippen LogP contribution in [0.15, 0.2) is 24.4 Å². The van der Waals surface area contributed by atoms with Crippen LogP contribution < -0.4 is 11.5 Å². The van der Waals surface area contributed by atoms with Gasteiger partial charge in [-0.1, -0.05) is 0 Å². The van der Waals surface area contributed by atoms with Gasteiger partial charge in [-0.2, -0.15) is 5.10 Å².